The van der Waals surface area contributed by atoms with Crippen molar-refractivity contribution in [3.63, 3.8) is 0 Å². The molecule has 1 unspecified atom stereocenters. The summed E-state index contributed by atoms with van der Waals surface area (Å²) < 4.78 is 43.7. The van der Waals surface area contributed by atoms with Crippen molar-refractivity contribution in [2.24, 2.45) is 0 Å². The van der Waals surface area contributed by atoms with E-state index in [1.807, 2.05) is 6.07 Å². The van der Waals surface area contributed by atoms with Gasteiger partial charge in [-0.15, -0.1) is 0 Å². The molecule has 2 aromatic carbocycles. The third-order valence-electron chi connectivity index (χ3n) is 5.41. The third-order valence-corrected chi connectivity index (χ3v) is 6.96. The summed E-state index contributed by atoms with van der Waals surface area (Å²) in [6.07, 6.45) is 1.20. The molecule has 36 heavy (non-hydrogen) atoms. The van der Waals surface area contributed by atoms with E-state index in [2.05, 4.69) is 20.0 Å². The molecule has 0 saturated carbocycles. The molecule has 0 aliphatic carbocycles. The van der Waals surface area contributed by atoms with Gasteiger partial charge in [0.15, 0.2) is 0 Å². The molecule has 5 N–H and O–H groups in total. The smallest absolute Gasteiger partial charge is 0.242 e. The summed E-state index contributed by atoms with van der Waals surface area (Å²) in [4.78, 5) is 12.4. The monoisotopic (exact) mass is 507 g/mol. The molecule has 1 atom stereocenters. The Morgan fingerprint density at radius 3 is 2.64 bits per heavy atom. The zero-order valence-corrected chi connectivity index (χ0v) is 19.9. The number of benzene rings is 2. The second kappa shape index (κ2) is 10.2. The van der Waals surface area contributed by atoms with Crippen LogP contribution in [0.5, 0.6) is 0 Å². The molecule has 0 spiro atoms. The number of hydrogen-bond donors (Lipinski definition) is 4. The standard InChI is InChI=1S/C24H22FN7O3S/c1-14(31-24-18(12-26)23(27)28-13-29-24)21-20(15-5-3-2-4-6-15)22(36(34,35)30-9-10-33)17-11-16(25)7-8-19(17)32-21/h2-8,11,13-14,30,33H,9-10H2,1H3,(H3,27,28,29,31). The van der Waals surface area contributed by atoms with Gasteiger partial charge in [0.05, 0.1) is 23.9 Å². The highest BCUT2D eigenvalue weighted by Crippen LogP contribution is 2.39. The summed E-state index contributed by atoms with van der Waals surface area (Å²) in [6, 6.07) is 13.7. The number of nitrogens with two attached hydrogens (primary N) is 1. The topological polar surface area (TPSA) is 167 Å². The molecule has 0 aliphatic rings. The van der Waals surface area contributed by atoms with Crippen molar-refractivity contribution in [1.82, 2.24) is 19.7 Å². The zero-order valence-electron chi connectivity index (χ0n) is 19.1. The lowest BCUT2D eigenvalue weighted by Crippen LogP contribution is -2.28. The molecule has 2 aromatic heterocycles. The van der Waals surface area contributed by atoms with Crippen molar-refractivity contribution in [2.45, 2.75) is 17.9 Å². The molecule has 184 valence electrons. The molecular weight excluding hydrogens is 485 g/mol. The van der Waals surface area contributed by atoms with Crippen molar-refractivity contribution >= 4 is 32.6 Å². The maximum Gasteiger partial charge on any atom is 0.242 e. The van der Waals surface area contributed by atoms with E-state index < -0.39 is 28.5 Å². The van der Waals surface area contributed by atoms with Gasteiger partial charge in [0.25, 0.3) is 0 Å². The molecule has 10 nitrogen and oxygen atoms in total. The van der Waals surface area contributed by atoms with E-state index in [0.717, 1.165) is 6.07 Å². The summed E-state index contributed by atoms with van der Waals surface area (Å²) in [7, 11) is -4.24. The molecule has 0 aliphatic heterocycles. The Labute approximate surface area is 206 Å². The van der Waals surface area contributed by atoms with E-state index in [4.69, 9.17) is 10.7 Å². The van der Waals surface area contributed by atoms with E-state index in [1.165, 1.54) is 18.5 Å². The Kier molecular flexibility index (Phi) is 7.07. The summed E-state index contributed by atoms with van der Waals surface area (Å²) in [5.41, 5.74) is 7.15. The minimum absolute atomic E-state index is 0.0103. The maximum atomic E-state index is 14.3. The first-order valence-corrected chi connectivity index (χ1v) is 12.3. The number of nitrogen functional groups attached to an aromatic ring is 1. The molecular formula is C24H22FN7O3S. The first-order valence-electron chi connectivity index (χ1n) is 10.8. The van der Waals surface area contributed by atoms with Gasteiger partial charge in [0.2, 0.25) is 10.0 Å². The van der Waals surface area contributed by atoms with Gasteiger partial charge in [-0.25, -0.2) is 32.5 Å². The van der Waals surface area contributed by atoms with Crippen LogP contribution in [0.25, 0.3) is 22.0 Å². The van der Waals surface area contributed by atoms with Gasteiger partial charge >= 0.3 is 0 Å². The van der Waals surface area contributed by atoms with E-state index in [9.17, 15) is 23.2 Å². The van der Waals surface area contributed by atoms with Crippen LogP contribution >= 0.6 is 0 Å². The number of fused-ring (bicyclic) bond motifs is 1. The van der Waals surface area contributed by atoms with E-state index >= 15 is 0 Å². The Morgan fingerprint density at radius 1 is 1.19 bits per heavy atom. The molecule has 0 radical (unpaired) electrons. The highest BCUT2D eigenvalue weighted by atomic mass is 32.2. The summed E-state index contributed by atoms with van der Waals surface area (Å²) in [5, 5.41) is 21.9. The predicted molar refractivity (Wildman–Crippen MR) is 133 cm³/mol. The first kappa shape index (κ1) is 24.9. The fraction of sp³-hybridized carbons (Fsp3) is 0.167. The molecule has 4 aromatic rings. The zero-order chi connectivity index (χ0) is 25.9. The number of anilines is 2. The number of aromatic nitrogens is 3. The average Bonchev–Trinajstić information content (AvgIpc) is 2.87. The molecule has 12 heteroatoms. The van der Waals surface area contributed by atoms with E-state index in [1.54, 1.807) is 37.3 Å². The van der Waals surface area contributed by atoms with Crippen LogP contribution in [0.15, 0.2) is 59.8 Å². The SMILES string of the molecule is CC(Nc1ncnc(N)c1C#N)c1nc2ccc(F)cc2c(S(=O)(=O)NCCO)c1-c1ccccc1. The Balaban J connectivity index is 2.03. The van der Waals surface area contributed by atoms with Gasteiger partial charge in [-0.3, -0.25) is 0 Å². The molecule has 4 rings (SSSR count). The van der Waals surface area contributed by atoms with Crippen molar-refractivity contribution in [3.8, 4) is 17.2 Å². The fourth-order valence-corrected chi connectivity index (χ4v) is 5.29. The van der Waals surface area contributed by atoms with Crippen LogP contribution in [0.2, 0.25) is 0 Å². The minimum Gasteiger partial charge on any atom is -0.395 e. The third kappa shape index (κ3) is 4.80. The van der Waals surface area contributed by atoms with Crippen LogP contribution in [0.3, 0.4) is 0 Å². The fourth-order valence-electron chi connectivity index (χ4n) is 3.85. The van der Waals surface area contributed by atoms with Gasteiger partial charge in [0.1, 0.15) is 40.3 Å². The predicted octanol–water partition coefficient (Wildman–Crippen LogP) is 2.73. The van der Waals surface area contributed by atoms with Gasteiger partial charge in [-0.05, 0) is 30.7 Å². The maximum absolute atomic E-state index is 14.3. The minimum atomic E-state index is -4.24. The van der Waals surface area contributed by atoms with Gasteiger partial charge in [0, 0.05) is 17.5 Å². The molecule has 0 fully saturated rings. The van der Waals surface area contributed by atoms with Crippen molar-refractivity contribution in [1.29, 1.82) is 5.26 Å². The lowest BCUT2D eigenvalue weighted by molar-refractivity contribution is 0.301. The number of aliphatic hydroxyl groups is 1. The van der Waals surface area contributed by atoms with Crippen LogP contribution < -0.4 is 15.8 Å². The Bertz CT molecular complexity index is 1570. The van der Waals surface area contributed by atoms with E-state index in [0.29, 0.717) is 11.3 Å². The van der Waals surface area contributed by atoms with Gasteiger partial charge < -0.3 is 16.2 Å². The van der Waals surface area contributed by atoms with Crippen LogP contribution in [-0.4, -0.2) is 41.6 Å². The first-order chi connectivity index (χ1) is 17.3. The summed E-state index contributed by atoms with van der Waals surface area (Å²) >= 11 is 0. The lowest BCUT2D eigenvalue weighted by Gasteiger charge is -2.23. The molecule has 0 saturated heterocycles. The van der Waals surface area contributed by atoms with Crippen LogP contribution in [0.4, 0.5) is 16.0 Å². The second-order valence-electron chi connectivity index (χ2n) is 7.81. The number of hydrogen-bond acceptors (Lipinski definition) is 9. The largest absolute Gasteiger partial charge is 0.395 e. The number of nitrogens with zero attached hydrogens (tertiary/aromatic N) is 4. The highest BCUT2D eigenvalue weighted by molar-refractivity contribution is 7.89. The highest BCUT2D eigenvalue weighted by Gasteiger charge is 2.29. The van der Waals surface area contributed by atoms with Crippen LogP contribution in [0.1, 0.15) is 24.2 Å². The number of rotatable bonds is 8. The molecule has 0 amide bonds. The van der Waals surface area contributed by atoms with Gasteiger partial charge in [-0.2, -0.15) is 5.26 Å². The van der Waals surface area contributed by atoms with Gasteiger partial charge in [-0.1, -0.05) is 30.3 Å². The number of aliphatic hydroxyl groups excluding tert-OH is 1. The Morgan fingerprint density at radius 2 is 1.94 bits per heavy atom. The van der Waals surface area contributed by atoms with Crippen LogP contribution in [0, 0.1) is 17.1 Å². The Hall–Kier alpha value is -4.18. The van der Waals surface area contributed by atoms with Crippen LogP contribution in [-0.2, 0) is 10.0 Å². The average molecular weight is 508 g/mol. The number of nitriles is 1. The molecule has 0 bridgehead atoms. The number of pyridine rings is 1. The normalized spacial score (nSPS) is 12.3. The molecule has 2 heterocycles. The van der Waals surface area contributed by atoms with E-state index in [-0.39, 0.29) is 45.1 Å². The number of halogens is 1. The summed E-state index contributed by atoms with van der Waals surface area (Å²) in [5.74, 6) is -0.486. The lowest BCUT2D eigenvalue weighted by atomic mass is 9.97. The van der Waals surface area contributed by atoms with Crippen molar-refractivity contribution in [2.75, 3.05) is 24.2 Å². The number of sulfonamides is 1. The van der Waals surface area contributed by atoms with Crippen molar-refractivity contribution < 1.29 is 17.9 Å². The quantitative estimate of drug-likeness (QED) is 0.280. The second-order valence-corrected chi connectivity index (χ2v) is 9.51. The van der Waals surface area contributed by atoms with Crippen molar-refractivity contribution in [3.05, 3.63) is 71.9 Å². The summed E-state index contributed by atoms with van der Waals surface area (Å²) in [6.45, 7) is 1.07. The number of nitrogens with one attached hydrogen (secondary N) is 2.